The lowest BCUT2D eigenvalue weighted by molar-refractivity contribution is -0.142. The minimum atomic E-state index is -1.89. The summed E-state index contributed by atoms with van der Waals surface area (Å²) in [6.45, 7) is 5.99. The van der Waals surface area contributed by atoms with E-state index in [0.29, 0.717) is 11.8 Å². The normalized spacial score (nSPS) is 28.5. The van der Waals surface area contributed by atoms with E-state index in [0.717, 1.165) is 0 Å². The molecule has 4 N–H and O–H groups in total. The number of ketones is 1. The van der Waals surface area contributed by atoms with Crippen LogP contribution in [-0.2, 0) is 19.2 Å². The Labute approximate surface area is 150 Å². The van der Waals surface area contributed by atoms with Crippen molar-refractivity contribution >= 4 is 34.5 Å². The molecule has 0 aromatic heterocycles. The summed E-state index contributed by atoms with van der Waals surface area (Å²) in [7, 11) is 0. The van der Waals surface area contributed by atoms with Crippen molar-refractivity contribution in [1.82, 2.24) is 5.32 Å². The number of thioether (sulfide) groups is 1. The van der Waals surface area contributed by atoms with E-state index in [9.17, 15) is 29.4 Å². The average Bonchev–Trinajstić information content (AvgIpc) is 2.74. The van der Waals surface area contributed by atoms with Crippen molar-refractivity contribution in [2.45, 2.75) is 51.9 Å². The lowest BCUT2D eigenvalue weighted by atomic mass is 9.81. The van der Waals surface area contributed by atoms with Gasteiger partial charge in [0.15, 0.2) is 5.54 Å². The Morgan fingerprint density at radius 2 is 1.88 bits per heavy atom. The first-order valence-electron chi connectivity index (χ1n) is 8.02. The number of carboxylic acids is 1. The van der Waals surface area contributed by atoms with Crippen LogP contribution in [0.4, 0.5) is 0 Å². The molecule has 1 rings (SSSR count). The monoisotopic (exact) mass is 375 g/mol. The Morgan fingerprint density at radius 1 is 1.32 bits per heavy atom. The van der Waals surface area contributed by atoms with E-state index in [1.54, 1.807) is 13.8 Å². The fraction of sp³-hybridized carbons (Fsp3) is 0.750. The maximum absolute atomic E-state index is 12.8. The summed E-state index contributed by atoms with van der Waals surface area (Å²) >= 11 is 0.598. The first-order chi connectivity index (χ1) is 11.4. The molecule has 142 valence electrons. The Kier molecular flexibility index (Phi) is 7.16. The number of aliphatic hydroxyl groups is 2. The molecular formula is C16H25NO7S. The zero-order valence-electron chi connectivity index (χ0n) is 14.7. The van der Waals surface area contributed by atoms with Gasteiger partial charge in [0.05, 0.1) is 24.0 Å². The van der Waals surface area contributed by atoms with Crippen LogP contribution in [0.25, 0.3) is 0 Å². The second kappa shape index (κ2) is 8.29. The highest BCUT2D eigenvalue weighted by atomic mass is 32.2. The number of hydrogen-bond donors (Lipinski definition) is 4. The molecule has 1 heterocycles. The van der Waals surface area contributed by atoms with Crippen LogP contribution in [0.5, 0.6) is 0 Å². The zero-order valence-corrected chi connectivity index (χ0v) is 15.5. The Balaban J connectivity index is 3.04. The molecule has 0 radical (unpaired) electrons. The molecule has 1 saturated heterocycles. The highest BCUT2D eigenvalue weighted by Gasteiger charge is 2.60. The van der Waals surface area contributed by atoms with Gasteiger partial charge < -0.3 is 25.4 Å². The van der Waals surface area contributed by atoms with E-state index in [-0.39, 0.29) is 18.0 Å². The largest absolute Gasteiger partial charge is 0.481 e. The van der Waals surface area contributed by atoms with Gasteiger partial charge in [0.1, 0.15) is 5.78 Å². The Bertz CT molecular complexity index is 565. The maximum atomic E-state index is 12.8. The van der Waals surface area contributed by atoms with Crippen LogP contribution in [0.1, 0.15) is 34.1 Å². The highest BCUT2D eigenvalue weighted by Crippen LogP contribution is 2.36. The van der Waals surface area contributed by atoms with Gasteiger partial charge in [0.25, 0.3) is 0 Å². The van der Waals surface area contributed by atoms with E-state index in [1.165, 1.54) is 13.8 Å². The van der Waals surface area contributed by atoms with Gasteiger partial charge >= 0.3 is 5.97 Å². The van der Waals surface area contributed by atoms with E-state index in [1.807, 2.05) is 0 Å². The van der Waals surface area contributed by atoms with Crippen molar-refractivity contribution in [2.75, 3.05) is 5.75 Å². The molecule has 1 unspecified atom stereocenters. The van der Waals surface area contributed by atoms with Crippen molar-refractivity contribution in [3.8, 4) is 0 Å². The Morgan fingerprint density at radius 3 is 2.24 bits per heavy atom. The number of hydrogen-bond acceptors (Lipinski definition) is 7. The van der Waals surface area contributed by atoms with Gasteiger partial charge in [-0.3, -0.25) is 14.4 Å². The SMILES string of the molecule is CC(=O)C[C@H](CSC(=O)[C@]1(C(O)C(C)C)NC(=O)[C@H](C)[C@@H]1O)C(=O)O. The molecule has 1 amide bonds. The van der Waals surface area contributed by atoms with Crippen LogP contribution in [0, 0.1) is 17.8 Å². The van der Waals surface area contributed by atoms with Crippen LogP contribution in [0.2, 0.25) is 0 Å². The van der Waals surface area contributed by atoms with Gasteiger partial charge in [-0.25, -0.2) is 0 Å². The van der Waals surface area contributed by atoms with Gasteiger partial charge in [-0.15, -0.1) is 0 Å². The van der Waals surface area contributed by atoms with Crippen molar-refractivity contribution in [1.29, 1.82) is 0 Å². The third kappa shape index (κ3) is 4.39. The second-order valence-corrected chi connectivity index (χ2v) is 7.81. The van der Waals surface area contributed by atoms with E-state index in [2.05, 4.69) is 5.32 Å². The number of nitrogens with one attached hydrogen (secondary N) is 1. The van der Waals surface area contributed by atoms with Gasteiger partial charge in [-0.1, -0.05) is 32.5 Å². The minimum Gasteiger partial charge on any atom is -0.481 e. The molecule has 8 nitrogen and oxygen atoms in total. The van der Waals surface area contributed by atoms with Crippen molar-refractivity contribution in [2.24, 2.45) is 17.8 Å². The first-order valence-corrected chi connectivity index (χ1v) is 9.01. The van der Waals surface area contributed by atoms with Crippen molar-refractivity contribution < 1.29 is 34.5 Å². The summed E-state index contributed by atoms with van der Waals surface area (Å²) in [6.07, 6.45) is -3.00. The lowest BCUT2D eigenvalue weighted by Crippen LogP contribution is -2.64. The molecule has 9 heteroatoms. The molecule has 1 fully saturated rings. The highest BCUT2D eigenvalue weighted by molar-refractivity contribution is 8.13. The molecule has 0 saturated carbocycles. The number of rotatable bonds is 8. The van der Waals surface area contributed by atoms with Crippen LogP contribution < -0.4 is 5.32 Å². The molecule has 0 spiro atoms. The van der Waals surface area contributed by atoms with Gasteiger partial charge in [0, 0.05) is 12.2 Å². The summed E-state index contributed by atoms with van der Waals surface area (Å²) in [5, 5.41) is 31.8. The molecule has 0 aromatic rings. The smallest absolute Gasteiger partial charge is 0.307 e. The third-order valence-corrected chi connectivity index (χ3v) is 5.59. The van der Waals surface area contributed by atoms with Crippen LogP contribution in [0.3, 0.4) is 0 Å². The zero-order chi connectivity index (χ0) is 19.5. The minimum absolute atomic E-state index is 0.197. The third-order valence-electron chi connectivity index (χ3n) is 4.42. The van der Waals surface area contributed by atoms with Gasteiger partial charge in [-0.05, 0) is 12.8 Å². The maximum Gasteiger partial charge on any atom is 0.307 e. The summed E-state index contributed by atoms with van der Waals surface area (Å²) in [5.74, 6) is -4.66. The van der Waals surface area contributed by atoms with Crippen molar-refractivity contribution in [3.05, 3.63) is 0 Å². The quantitative estimate of drug-likeness (QED) is 0.457. The average molecular weight is 375 g/mol. The molecule has 0 aliphatic carbocycles. The van der Waals surface area contributed by atoms with E-state index in [4.69, 9.17) is 5.11 Å². The fourth-order valence-corrected chi connectivity index (χ4v) is 4.00. The first kappa shape index (κ1) is 21.6. The van der Waals surface area contributed by atoms with Crippen LogP contribution in [0.15, 0.2) is 0 Å². The summed E-state index contributed by atoms with van der Waals surface area (Å²) < 4.78 is 0. The standard InChI is InChI=1S/C16H25NO7S/c1-7(2)11(19)16(12(20)9(4)13(21)17-16)15(24)25-6-10(14(22)23)5-8(3)18/h7,9-12,19-20H,5-6H2,1-4H3,(H,17,21)(H,22,23)/t9-,10-,11?,12+,16-/m1/s1. The number of aliphatic carboxylic acids is 1. The van der Waals surface area contributed by atoms with E-state index < -0.39 is 52.5 Å². The number of Topliss-reactive ketones (excluding diaryl/α,β-unsaturated/α-hetero) is 1. The fourth-order valence-electron chi connectivity index (χ4n) is 2.86. The molecule has 0 bridgehead atoms. The number of carbonyl (C=O) groups is 4. The van der Waals surface area contributed by atoms with E-state index >= 15 is 0 Å². The molecule has 0 aromatic carbocycles. The summed E-state index contributed by atoms with van der Waals surface area (Å²) in [4.78, 5) is 47.1. The predicted molar refractivity (Wildman–Crippen MR) is 90.8 cm³/mol. The molecule has 5 atom stereocenters. The van der Waals surface area contributed by atoms with Crippen molar-refractivity contribution in [3.63, 3.8) is 0 Å². The summed E-state index contributed by atoms with van der Waals surface area (Å²) in [6, 6.07) is 0. The number of amides is 1. The topological polar surface area (TPSA) is 141 Å². The molecular weight excluding hydrogens is 350 g/mol. The lowest BCUT2D eigenvalue weighted by Gasteiger charge is -2.37. The van der Waals surface area contributed by atoms with Gasteiger partial charge in [-0.2, -0.15) is 0 Å². The molecule has 1 aliphatic heterocycles. The van der Waals surface area contributed by atoms with Crippen LogP contribution in [-0.4, -0.2) is 61.6 Å². The van der Waals surface area contributed by atoms with Crippen LogP contribution >= 0.6 is 11.8 Å². The Hall–Kier alpha value is -1.45. The predicted octanol–water partition coefficient (Wildman–Crippen LogP) is -0.191. The molecule has 25 heavy (non-hydrogen) atoms. The summed E-state index contributed by atoms with van der Waals surface area (Å²) in [5.41, 5.74) is -1.89. The molecule has 1 aliphatic rings. The van der Waals surface area contributed by atoms with Gasteiger partial charge in [0.2, 0.25) is 11.0 Å². The second-order valence-electron chi connectivity index (χ2n) is 6.82. The number of aliphatic hydroxyl groups excluding tert-OH is 2. The number of carboxylic acid groups (broad SMARTS) is 1. The number of carbonyl (C=O) groups excluding carboxylic acids is 3.